The summed E-state index contributed by atoms with van der Waals surface area (Å²) in [5, 5.41) is 12.5. The van der Waals surface area contributed by atoms with Crippen LogP contribution in [0.25, 0.3) is 0 Å². The van der Waals surface area contributed by atoms with Crippen LogP contribution in [-0.4, -0.2) is 18.7 Å². The van der Waals surface area contributed by atoms with E-state index in [2.05, 4.69) is 5.32 Å². The molecule has 2 nitrogen and oxygen atoms in total. The summed E-state index contributed by atoms with van der Waals surface area (Å²) in [6, 6.07) is 7.62. The number of benzene rings is 1. The van der Waals surface area contributed by atoms with Crippen LogP contribution in [0.15, 0.2) is 24.3 Å². The molecule has 1 fully saturated rings. The zero-order chi connectivity index (χ0) is 10.7. The Morgan fingerprint density at radius 2 is 1.93 bits per heavy atom. The van der Waals surface area contributed by atoms with E-state index in [0.717, 1.165) is 13.0 Å². The van der Waals surface area contributed by atoms with Gasteiger partial charge in [-0.2, -0.15) is 0 Å². The first-order valence-electron chi connectivity index (χ1n) is 5.67. The summed E-state index contributed by atoms with van der Waals surface area (Å²) in [7, 11) is 2.02. The standard InChI is InChI=1S/C13H19NO/c1-14-10-13(7-2-8-13)9-11-3-5-12(15)6-4-11/h3-6,14-15H,2,7-10H2,1H3. The van der Waals surface area contributed by atoms with E-state index in [-0.39, 0.29) is 0 Å². The molecule has 15 heavy (non-hydrogen) atoms. The molecule has 1 aromatic carbocycles. The van der Waals surface area contributed by atoms with Gasteiger partial charge in [0.1, 0.15) is 5.75 Å². The number of phenolic OH excluding ortho intramolecular Hbond substituents is 1. The molecule has 2 rings (SSSR count). The maximum Gasteiger partial charge on any atom is 0.115 e. The number of phenols is 1. The van der Waals surface area contributed by atoms with Gasteiger partial charge in [-0.3, -0.25) is 0 Å². The molecule has 0 unspecified atom stereocenters. The van der Waals surface area contributed by atoms with Crippen molar-refractivity contribution in [3.63, 3.8) is 0 Å². The maximum absolute atomic E-state index is 9.22. The van der Waals surface area contributed by atoms with Crippen LogP contribution in [0.3, 0.4) is 0 Å². The minimum Gasteiger partial charge on any atom is -0.508 e. The number of hydrogen-bond donors (Lipinski definition) is 2. The summed E-state index contributed by atoms with van der Waals surface area (Å²) < 4.78 is 0. The Kier molecular flexibility index (Phi) is 2.96. The van der Waals surface area contributed by atoms with E-state index in [1.807, 2.05) is 19.2 Å². The monoisotopic (exact) mass is 205 g/mol. The lowest BCUT2D eigenvalue weighted by molar-refractivity contribution is 0.133. The van der Waals surface area contributed by atoms with Gasteiger partial charge in [-0.25, -0.2) is 0 Å². The number of nitrogens with one attached hydrogen (secondary N) is 1. The average molecular weight is 205 g/mol. The van der Waals surface area contributed by atoms with Crippen molar-refractivity contribution in [2.24, 2.45) is 5.41 Å². The quantitative estimate of drug-likeness (QED) is 0.790. The molecule has 2 N–H and O–H groups in total. The number of rotatable bonds is 4. The fourth-order valence-electron chi connectivity index (χ4n) is 2.51. The molecular formula is C13H19NO. The highest BCUT2D eigenvalue weighted by atomic mass is 16.3. The van der Waals surface area contributed by atoms with Gasteiger partial charge in [0, 0.05) is 6.54 Å². The minimum atomic E-state index is 0.357. The molecule has 1 aromatic rings. The van der Waals surface area contributed by atoms with Gasteiger partial charge < -0.3 is 10.4 Å². The third-order valence-electron chi connectivity index (χ3n) is 3.48. The third kappa shape index (κ3) is 2.32. The lowest BCUT2D eigenvalue weighted by atomic mass is 9.65. The Morgan fingerprint density at radius 3 is 2.40 bits per heavy atom. The van der Waals surface area contributed by atoms with Gasteiger partial charge in [-0.05, 0) is 49.4 Å². The topological polar surface area (TPSA) is 32.3 Å². The van der Waals surface area contributed by atoms with Crippen molar-refractivity contribution >= 4 is 0 Å². The summed E-state index contributed by atoms with van der Waals surface area (Å²) >= 11 is 0. The second-order valence-electron chi connectivity index (χ2n) is 4.73. The van der Waals surface area contributed by atoms with E-state index in [1.165, 1.54) is 24.8 Å². The van der Waals surface area contributed by atoms with Crippen molar-refractivity contribution in [3.8, 4) is 5.75 Å². The molecule has 0 atom stereocenters. The Bertz CT molecular complexity index is 314. The molecule has 0 spiro atoms. The lowest BCUT2D eigenvalue weighted by Crippen LogP contribution is -2.40. The zero-order valence-corrected chi connectivity index (χ0v) is 9.29. The van der Waals surface area contributed by atoms with Gasteiger partial charge in [0.15, 0.2) is 0 Å². The van der Waals surface area contributed by atoms with Crippen molar-refractivity contribution in [1.29, 1.82) is 0 Å². The van der Waals surface area contributed by atoms with Crippen LogP contribution in [0.1, 0.15) is 24.8 Å². The molecule has 0 heterocycles. The predicted molar refractivity (Wildman–Crippen MR) is 62.0 cm³/mol. The SMILES string of the molecule is CNCC1(Cc2ccc(O)cc2)CCC1. The molecular weight excluding hydrogens is 186 g/mol. The third-order valence-corrected chi connectivity index (χ3v) is 3.48. The maximum atomic E-state index is 9.22. The van der Waals surface area contributed by atoms with Crippen molar-refractivity contribution < 1.29 is 5.11 Å². The van der Waals surface area contributed by atoms with Crippen molar-refractivity contribution in [1.82, 2.24) is 5.32 Å². The van der Waals surface area contributed by atoms with Gasteiger partial charge in [0.05, 0.1) is 0 Å². The van der Waals surface area contributed by atoms with E-state index in [1.54, 1.807) is 12.1 Å². The summed E-state index contributed by atoms with van der Waals surface area (Å²) in [5.74, 6) is 0.357. The number of aromatic hydroxyl groups is 1. The average Bonchev–Trinajstić information content (AvgIpc) is 2.18. The molecule has 0 radical (unpaired) electrons. The normalized spacial score (nSPS) is 18.5. The van der Waals surface area contributed by atoms with Crippen molar-refractivity contribution in [2.45, 2.75) is 25.7 Å². The van der Waals surface area contributed by atoms with Crippen LogP contribution in [-0.2, 0) is 6.42 Å². The summed E-state index contributed by atoms with van der Waals surface area (Å²) in [4.78, 5) is 0. The molecule has 82 valence electrons. The van der Waals surface area contributed by atoms with Crippen LogP contribution in [0, 0.1) is 5.41 Å². The number of hydrogen-bond acceptors (Lipinski definition) is 2. The van der Waals surface area contributed by atoms with E-state index in [9.17, 15) is 5.11 Å². The lowest BCUT2D eigenvalue weighted by Gasteiger charge is -2.42. The van der Waals surface area contributed by atoms with Crippen molar-refractivity contribution in [3.05, 3.63) is 29.8 Å². The minimum absolute atomic E-state index is 0.357. The highest BCUT2D eigenvalue weighted by Crippen LogP contribution is 2.43. The van der Waals surface area contributed by atoms with Gasteiger partial charge in [-0.1, -0.05) is 18.6 Å². The second kappa shape index (κ2) is 4.23. The molecule has 2 heteroatoms. The van der Waals surface area contributed by atoms with Gasteiger partial charge in [-0.15, -0.1) is 0 Å². The molecule has 0 amide bonds. The Morgan fingerprint density at radius 1 is 1.27 bits per heavy atom. The van der Waals surface area contributed by atoms with Crippen LogP contribution in [0.5, 0.6) is 5.75 Å². The molecule has 0 saturated heterocycles. The highest BCUT2D eigenvalue weighted by Gasteiger charge is 2.35. The van der Waals surface area contributed by atoms with Gasteiger partial charge in [0.25, 0.3) is 0 Å². The van der Waals surface area contributed by atoms with Crippen LogP contribution < -0.4 is 5.32 Å². The summed E-state index contributed by atoms with van der Waals surface area (Å²) in [6.07, 6.45) is 5.15. The first-order valence-corrected chi connectivity index (χ1v) is 5.67. The molecule has 0 aliphatic heterocycles. The van der Waals surface area contributed by atoms with Crippen LogP contribution in [0.4, 0.5) is 0 Å². The molecule has 1 aliphatic rings. The Labute approximate surface area is 91.3 Å². The Balaban J connectivity index is 2.03. The van der Waals surface area contributed by atoms with E-state index >= 15 is 0 Å². The molecule has 0 aromatic heterocycles. The first-order chi connectivity index (χ1) is 7.24. The van der Waals surface area contributed by atoms with E-state index < -0.39 is 0 Å². The van der Waals surface area contributed by atoms with Crippen LogP contribution in [0.2, 0.25) is 0 Å². The van der Waals surface area contributed by atoms with Gasteiger partial charge in [0.2, 0.25) is 0 Å². The summed E-state index contributed by atoms with van der Waals surface area (Å²) in [5.41, 5.74) is 1.81. The molecule has 0 bridgehead atoms. The van der Waals surface area contributed by atoms with E-state index in [4.69, 9.17) is 0 Å². The van der Waals surface area contributed by atoms with Crippen molar-refractivity contribution in [2.75, 3.05) is 13.6 Å². The molecule has 1 saturated carbocycles. The first kappa shape index (κ1) is 10.5. The van der Waals surface area contributed by atoms with E-state index in [0.29, 0.717) is 11.2 Å². The highest BCUT2D eigenvalue weighted by molar-refractivity contribution is 5.27. The predicted octanol–water partition coefficient (Wildman–Crippen LogP) is 2.32. The fraction of sp³-hybridized carbons (Fsp3) is 0.538. The smallest absolute Gasteiger partial charge is 0.115 e. The van der Waals surface area contributed by atoms with Crippen LogP contribution >= 0.6 is 0 Å². The second-order valence-corrected chi connectivity index (χ2v) is 4.73. The summed E-state index contributed by atoms with van der Waals surface area (Å²) in [6.45, 7) is 1.11. The molecule has 1 aliphatic carbocycles. The van der Waals surface area contributed by atoms with Gasteiger partial charge >= 0.3 is 0 Å². The fourth-order valence-corrected chi connectivity index (χ4v) is 2.51. The Hall–Kier alpha value is -1.02. The zero-order valence-electron chi connectivity index (χ0n) is 9.29. The largest absolute Gasteiger partial charge is 0.508 e.